The van der Waals surface area contributed by atoms with E-state index in [1.807, 2.05) is 0 Å². The summed E-state index contributed by atoms with van der Waals surface area (Å²) in [6, 6.07) is 0.862. The van der Waals surface area contributed by atoms with E-state index in [0.29, 0.717) is 0 Å². The molecule has 0 aromatic heterocycles. The van der Waals surface area contributed by atoms with Crippen molar-refractivity contribution < 1.29 is 0 Å². The van der Waals surface area contributed by atoms with E-state index in [1.165, 1.54) is 13.1 Å². The van der Waals surface area contributed by atoms with Crippen LogP contribution in [0, 0.1) is 11.8 Å². The van der Waals surface area contributed by atoms with Crippen molar-refractivity contribution in [3.63, 3.8) is 0 Å². The van der Waals surface area contributed by atoms with Gasteiger partial charge in [0, 0.05) is 19.1 Å². The molecule has 0 amide bonds. The van der Waals surface area contributed by atoms with E-state index in [1.54, 1.807) is 0 Å². The highest BCUT2D eigenvalue weighted by Gasteiger charge is 2.53. The molecule has 0 bridgehead atoms. The molecular formula is C7H14N2. The summed E-state index contributed by atoms with van der Waals surface area (Å²) in [5, 5.41) is 3.33. The largest absolute Gasteiger partial charge is 0.316 e. The van der Waals surface area contributed by atoms with E-state index >= 15 is 0 Å². The third-order valence-corrected chi connectivity index (χ3v) is 2.71. The maximum atomic E-state index is 3.33. The maximum Gasteiger partial charge on any atom is 0.0152 e. The lowest BCUT2D eigenvalue weighted by Gasteiger charge is -2.11. The van der Waals surface area contributed by atoms with E-state index in [2.05, 4.69) is 24.3 Å². The Morgan fingerprint density at radius 1 is 1.33 bits per heavy atom. The number of rotatable bonds is 1. The molecule has 2 aliphatic rings. The zero-order chi connectivity index (χ0) is 6.43. The highest BCUT2D eigenvalue weighted by atomic mass is 15.2. The van der Waals surface area contributed by atoms with Crippen molar-refractivity contribution in [3.8, 4) is 0 Å². The first-order chi connectivity index (χ1) is 4.33. The van der Waals surface area contributed by atoms with Gasteiger partial charge in [-0.1, -0.05) is 0 Å². The molecule has 2 fully saturated rings. The van der Waals surface area contributed by atoms with Gasteiger partial charge in [-0.05, 0) is 25.9 Å². The summed E-state index contributed by atoms with van der Waals surface area (Å²) in [7, 11) is 4.28. The monoisotopic (exact) mass is 126 g/mol. The van der Waals surface area contributed by atoms with Gasteiger partial charge in [-0.2, -0.15) is 0 Å². The molecule has 9 heavy (non-hydrogen) atoms. The number of likely N-dealkylation sites (tertiary alicyclic amines) is 1. The third kappa shape index (κ3) is 0.700. The molecule has 0 spiro atoms. The molecule has 1 aliphatic carbocycles. The SMILES string of the molecule is CN[C@H]1[C@@H]2CN(C)C[C@@H]21. The standard InChI is InChI=1S/C7H14N2/c1-8-7-5-3-9(2)4-6(5)7/h5-8H,3-4H2,1-2H3/t5-,6+,7+. The van der Waals surface area contributed by atoms with Crippen LogP contribution in [0.4, 0.5) is 0 Å². The van der Waals surface area contributed by atoms with Gasteiger partial charge in [-0.15, -0.1) is 0 Å². The van der Waals surface area contributed by atoms with Crippen molar-refractivity contribution in [2.45, 2.75) is 6.04 Å². The molecule has 3 atom stereocenters. The average molecular weight is 126 g/mol. The van der Waals surface area contributed by atoms with Gasteiger partial charge >= 0.3 is 0 Å². The van der Waals surface area contributed by atoms with Crippen molar-refractivity contribution in [2.24, 2.45) is 11.8 Å². The molecule has 1 heterocycles. The Morgan fingerprint density at radius 3 is 2.33 bits per heavy atom. The maximum absolute atomic E-state index is 3.33. The first kappa shape index (κ1) is 5.69. The van der Waals surface area contributed by atoms with Crippen molar-refractivity contribution in [1.29, 1.82) is 0 Å². The summed E-state index contributed by atoms with van der Waals surface area (Å²) in [5.41, 5.74) is 0. The second-order valence-corrected chi connectivity index (χ2v) is 3.36. The van der Waals surface area contributed by atoms with Gasteiger partial charge in [0.15, 0.2) is 0 Å². The van der Waals surface area contributed by atoms with Crippen LogP contribution in [-0.2, 0) is 0 Å². The van der Waals surface area contributed by atoms with E-state index in [4.69, 9.17) is 0 Å². The highest BCUT2D eigenvalue weighted by Crippen LogP contribution is 2.44. The zero-order valence-corrected chi connectivity index (χ0v) is 6.09. The molecular weight excluding hydrogens is 112 g/mol. The second-order valence-electron chi connectivity index (χ2n) is 3.36. The first-order valence-electron chi connectivity index (χ1n) is 3.68. The Hall–Kier alpha value is -0.0800. The van der Waals surface area contributed by atoms with E-state index in [0.717, 1.165) is 17.9 Å². The van der Waals surface area contributed by atoms with Crippen LogP contribution in [0.15, 0.2) is 0 Å². The molecule has 2 nitrogen and oxygen atoms in total. The predicted octanol–water partition coefficient (Wildman–Crippen LogP) is -0.234. The molecule has 0 unspecified atom stereocenters. The molecule has 0 radical (unpaired) electrons. The predicted molar refractivity (Wildman–Crippen MR) is 37.3 cm³/mol. The summed E-state index contributed by atoms with van der Waals surface area (Å²) in [4.78, 5) is 2.42. The Bertz CT molecular complexity index is 112. The molecule has 0 aromatic carbocycles. The van der Waals surface area contributed by atoms with Crippen molar-refractivity contribution >= 4 is 0 Å². The molecule has 52 valence electrons. The summed E-state index contributed by atoms with van der Waals surface area (Å²) in [5.74, 6) is 1.97. The fourth-order valence-electron chi connectivity index (χ4n) is 2.17. The Morgan fingerprint density at radius 2 is 1.89 bits per heavy atom. The number of nitrogens with one attached hydrogen (secondary N) is 1. The summed E-state index contributed by atoms with van der Waals surface area (Å²) < 4.78 is 0. The number of hydrogen-bond acceptors (Lipinski definition) is 2. The molecule has 1 aliphatic heterocycles. The van der Waals surface area contributed by atoms with Crippen molar-refractivity contribution in [1.82, 2.24) is 10.2 Å². The first-order valence-corrected chi connectivity index (χ1v) is 3.68. The summed E-state index contributed by atoms with van der Waals surface area (Å²) >= 11 is 0. The van der Waals surface area contributed by atoms with Gasteiger partial charge in [0.2, 0.25) is 0 Å². The molecule has 0 aromatic rings. The molecule has 1 saturated heterocycles. The van der Waals surface area contributed by atoms with Gasteiger partial charge in [-0.25, -0.2) is 0 Å². The minimum absolute atomic E-state index is 0.862. The van der Waals surface area contributed by atoms with Gasteiger partial charge in [-0.3, -0.25) is 0 Å². The van der Waals surface area contributed by atoms with Gasteiger partial charge in [0.25, 0.3) is 0 Å². The Balaban J connectivity index is 1.91. The minimum Gasteiger partial charge on any atom is -0.316 e. The van der Waals surface area contributed by atoms with E-state index < -0.39 is 0 Å². The van der Waals surface area contributed by atoms with Crippen LogP contribution in [0.3, 0.4) is 0 Å². The Kier molecular flexibility index (Phi) is 1.08. The Labute approximate surface area is 56.2 Å². The molecule has 2 heteroatoms. The number of fused-ring (bicyclic) bond motifs is 1. The van der Waals surface area contributed by atoms with Crippen molar-refractivity contribution in [3.05, 3.63) is 0 Å². The van der Waals surface area contributed by atoms with Crippen LogP contribution in [0.5, 0.6) is 0 Å². The molecule has 1 saturated carbocycles. The summed E-state index contributed by atoms with van der Waals surface area (Å²) in [6.45, 7) is 2.63. The van der Waals surface area contributed by atoms with Gasteiger partial charge < -0.3 is 10.2 Å². The average Bonchev–Trinajstić information content (AvgIpc) is 2.30. The lowest BCUT2D eigenvalue weighted by atomic mass is 10.4. The normalized spacial score (nSPS) is 49.3. The van der Waals surface area contributed by atoms with Gasteiger partial charge in [0.05, 0.1) is 0 Å². The molecule has 1 N–H and O–H groups in total. The topological polar surface area (TPSA) is 15.3 Å². The minimum atomic E-state index is 0.862. The van der Waals surface area contributed by atoms with E-state index in [9.17, 15) is 0 Å². The van der Waals surface area contributed by atoms with Crippen molar-refractivity contribution in [2.75, 3.05) is 27.2 Å². The zero-order valence-electron chi connectivity index (χ0n) is 6.09. The number of piperidine rings is 1. The van der Waals surface area contributed by atoms with Crippen LogP contribution < -0.4 is 5.32 Å². The fraction of sp³-hybridized carbons (Fsp3) is 1.00. The second kappa shape index (κ2) is 1.70. The third-order valence-electron chi connectivity index (χ3n) is 2.71. The fourth-order valence-corrected chi connectivity index (χ4v) is 2.17. The van der Waals surface area contributed by atoms with Crippen LogP contribution in [0.1, 0.15) is 0 Å². The van der Waals surface area contributed by atoms with Crippen LogP contribution >= 0.6 is 0 Å². The number of nitrogens with zero attached hydrogens (tertiary/aromatic N) is 1. The van der Waals surface area contributed by atoms with Crippen LogP contribution in [0.25, 0.3) is 0 Å². The quantitative estimate of drug-likeness (QED) is 0.522. The lowest BCUT2D eigenvalue weighted by Crippen LogP contribution is -2.26. The van der Waals surface area contributed by atoms with Gasteiger partial charge in [0.1, 0.15) is 0 Å². The van der Waals surface area contributed by atoms with Crippen LogP contribution in [-0.4, -0.2) is 38.1 Å². The van der Waals surface area contributed by atoms with Crippen LogP contribution in [0.2, 0.25) is 0 Å². The summed E-state index contributed by atoms with van der Waals surface area (Å²) in [6.07, 6.45) is 0. The molecule has 2 rings (SSSR count). The smallest absolute Gasteiger partial charge is 0.0152 e. The highest BCUT2D eigenvalue weighted by molar-refractivity contribution is 5.08. The number of hydrogen-bond donors (Lipinski definition) is 1. The lowest BCUT2D eigenvalue weighted by molar-refractivity contribution is 0.353. The van der Waals surface area contributed by atoms with E-state index in [-0.39, 0.29) is 0 Å².